The van der Waals surface area contributed by atoms with Crippen molar-refractivity contribution in [2.24, 2.45) is 0 Å². The fourth-order valence-corrected chi connectivity index (χ4v) is 2.60. The van der Waals surface area contributed by atoms with Gasteiger partial charge < -0.3 is 0 Å². The zero-order valence-electron chi connectivity index (χ0n) is 6.41. The second kappa shape index (κ2) is 4.59. The van der Waals surface area contributed by atoms with Crippen molar-refractivity contribution in [3.63, 3.8) is 0 Å². The first-order valence-electron chi connectivity index (χ1n) is 3.31. The van der Waals surface area contributed by atoms with Crippen LogP contribution < -0.4 is 0 Å². The highest BCUT2D eigenvalue weighted by molar-refractivity contribution is 9.11. The number of hydrogen-bond donors (Lipinski definition) is 0. The van der Waals surface area contributed by atoms with Crippen LogP contribution in [0.15, 0.2) is 22.0 Å². The summed E-state index contributed by atoms with van der Waals surface area (Å²) in [6, 6.07) is 3.80. The molecule has 0 aliphatic carbocycles. The van der Waals surface area contributed by atoms with Crippen LogP contribution in [0.1, 0.15) is 4.88 Å². The Hall–Kier alpha value is 0.160. The molecular formula is C7H6BrClO2S2. The molecule has 0 saturated carbocycles. The number of rotatable bonds is 3. The Morgan fingerprint density at radius 2 is 2.23 bits per heavy atom. The molecule has 0 spiro atoms. The molecule has 0 aliphatic rings. The molecule has 0 bridgehead atoms. The summed E-state index contributed by atoms with van der Waals surface area (Å²) in [5, 5.41) is 0. The van der Waals surface area contributed by atoms with Crippen molar-refractivity contribution in [1.82, 2.24) is 0 Å². The van der Waals surface area contributed by atoms with Crippen molar-refractivity contribution in [2.45, 2.75) is 0 Å². The van der Waals surface area contributed by atoms with Gasteiger partial charge in [0, 0.05) is 15.6 Å². The highest BCUT2D eigenvalue weighted by atomic mass is 79.9. The van der Waals surface area contributed by atoms with E-state index in [0.717, 1.165) is 8.66 Å². The zero-order chi connectivity index (χ0) is 9.90. The number of thiophene rings is 1. The van der Waals surface area contributed by atoms with Gasteiger partial charge >= 0.3 is 0 Å². The molecule has 0 aliphatic heterocycles. The topological polar surface area (TPSA) is 34.1 Å². The molecule has 0 N–H and O–H groups in total. The minimum Gasteiger partial charge on any atom is -0.212 e. The normalized spacial score (nSPS) is 12.5. The zero-order valence-corrected chi connectivity index (χ0v) is 10.4. The molecule has 1 aromatic rings. The molecule has 72 valence electrons. The highest BCUT2D eigenvalue weighted by Crippen LogP contribution is 2.22. The summed E-state index contributed by atoms with van der Waals surface area (Å²) >= 11 is 4.83. The average Bonchev–Trinajstić information content (AvgIpc) is 2.33. The summed E-state index contributed by atoms with van der Waals surface area (Å²) in [6.07, 6.45) is 3.26. The number of hydrogen-bond acceptors (Lipinski definition) is 3. The minimum atomic E-state index is -3.41. The summed E-state index contributed by atoms with van der Waals surface area (Å²) in [4.78, 5) is 0.993. The van der Waals surface area contributed by atoms with Gasteiger partial charge in [-0.05, 0) is 34.1 Å². The standard InChI is InChI=1S/C7H6BrClO2S2/c8-7-4-3-6(12-7)2-1-5-13(9,10)11/h1-4H,5H2/b2-1-. The van der Waals surface area contributed by atoms with E-state index in [9.17, 15) is 8.42 Å². The van der Waals surface area contributed by atoms with Crippen LogP contribution in [-0.4, -0.2) is 14.2 Å². The first-order chi connectivity index (χ1) is 5.97. The maximum absolute atomic E-state index is 10.5. The van der Waals surface area contributed by atoms with Crippen LogP contribution in [-0.2, 0) is 9.05 Å². The van der Waals surface area contributed by atoms with Gasteiger partial charge in [-0.2, -0.15) is 0 Å². The average molecular weight is 302 g/mol. The van der Waals surface area contributed by atoms with Gasteiger partial charge in [-0.1, -0.05) is 6.08 Å². The predicted octanol–water partition coefficient (Wildman–Crippen LogP) is 3.09. The summed E-state index contributed by atoms with van der Waals surface area (Å²) in [6.45, 7) is 0. The van der Waals surface area contributed by atoms with E-state index in [4.69, 9.17) is 10.7 Å². The van der Waals surface area contributed by atoms with Gasteiger partial charge in [0.2, 0.25) is 9.05 Å². The fourth-order valence-electron chi connectivity index (χ4n) is 0.697. The van der Waals surface area contributed by atoms with Crippen LogP contribution in [0.4, 0.5) is 0 Å². The van der Waals surface area contributed by atoms with Gasteiger partial charge in [0.05, 0.1) is 9.54 Å². The highest BCUT2D eigenvalue weighted by Gasteiger charge is 2.00. The van der Waals surface area contributed by atoms with E-state index in [0.29, 0.717) is 0 Å². The van der Waals surface area contributed by atoms with Gasteiger partial charge in [-0.25, -0.2) is 8.42 Å². The van der Waals surface area contributed by atoms with Gasteiger partial charge in [0.1, 0.15) is 0 Å². The summed E-state index contributed by atoms with van der Waals surface area (Å²) < 4.78 is 22.1. The van der Waals surface area contributed by atoms with Crippen molar-refractivity contribution in [2.75, 3.05) is 5.75 Å². The van der Waals surface area contributed by atoms with Gasteiger partial charge in [0.15, 0.2) is 0 Å². The van der Waals surface area contributed by atoms with Crippen molar-refractivity contribution in [1.29, 1.82) is 0 Å². The van der Waals surface area contributed by atoms with Crippen molar-refractivity contribution >= 4 is 53.1 Å². The van der Waals surface area contributed by atoms with E-state index in [1.54, 1.807) is 6.08 Å². The van der Waals surface area contributed by atoms with E-state index >= 15 is 0 Å². The van der Waals surface area contributed by atoms with Gasteiger partial charge in [0.25, 0.3) is 0 Å². The van der Waals surface area contributed by atoms with Gasteiger partial charge in [-0.15, -0.1) is 11.3 Å². The second-order valence-electron chi connectivity index (χ2n) is 2.25. The molecular weight excluding hydrogens is 296 g/mol. The molecule has 0 fully saturated rings. The van der Waals surface area contributed by atoms with Crippen LogP contribution in [0.2, 0.25) is 0 Å². The van der Waals surface area contributed by atoms with Crippen LogP contribution in [0, 0.1) is 0 Å². The lowest BCUT2D eigenvalue weighted by atomic mass is 10.4. The molecule has 1 rings (SSSR count). The minimum absolute atomic E-state index is 0.135. The smallest absolute Gasteiger partial charge is 0.212 e. The molecule has 2 nitrogen and oxygen atoms in total. The Morgan fingerprint density at radius 1 is 1.54 bits per heavy atom. The Bertz CT molecular complexity index is 408. The molecule has 0 aromatic carbocycles. The Labute approximate surface area is 93.8 Å². The van der Waals surface area contributed by atoms with Crippen LogP contribution in [0.25, 0.3) is 6.08 Å². The molecule has 1 heterocycles. The Morgan fingerprint density at radius 3 is 2.69 bits per heavy atom. The second-order valence-corrected chi connectivity index (χ2v) is 7.57. The van der Waals surface area contributed by atoms with Crippen molar-refractivity contribution in [3.8, 4) is 0 Å². The predicted molar refractivity (Wildman–Crippen MR) is 60.7 cm³/mol. The fraction of sp³-hybridized carbons (Fsp3) is 0.143. The number of halogens is 2. The van der Waals surface area contributed by atoms with Crippen LogP contribution >= 0.6 is 37.9 Å². The van der Waals surface area contributed by atoms with Gasteiger partial charge in [-0.3, -0.25) is 0 Å². The SMILES string of the molecule is O=S(=O)(Cl)C/C=C\c1ccc(Br)s1. The van der Waals surface area contributed by atoms with Crippen molar-refractivity contribution < 1.29 is 8.42 Å². The molecule has 0 unspecified atom stereocenters. The third-order valence-electron chi connectivity index (χ3n) is 1.17. The molecule has 13 heavy (non-hydrogen) atoms. The molecule has 6 heteroatoms. The molecule has 0 atom stereocenters. The summed E-state index contributed by atoms with van der Waals surface area (Å²) in [5.41, 5.74) is 0. The monoisotopic (exact) mass is 300 g/mol. The summed E-state index contributed by atoms with van der Waals surface area (Å²) in [5.74, 6) is -0.135. The lowest BCUT2D eigenvalue weighted by molar-refractivity contribution is 0.612. The molecule has 0 saturated heterocycles. The maximum Gasteiger partial charge on any atom is 0.236 e. The molecule has 0 radical (unpaired) electrons. The lowest BCUT2D eigenvalue weighted by Gasteiger charge is -1.85. The van der Waals surface area contributed by atoms with E-state index in [-0.39, 0.29) is 5.75 Å². The quantitative estimate of drug-likeness (QED) is 0.804. The first kappa shape index (κ1) is 11.2. The Balaban J connectivity index is 2.60. The third-order valence-corrected chi connectivity index (χ3v) is 3.73. The van der Waals surface area contributed by atoms with Crippen LogP contribution in [0.5, 0.6) is 0 Å². The summed E-state index contributed by atoms with van der Waals surface area (Å²) in [7, 11) is 1.61. The first-order valence-corrected chi connectivity index (χ1v) is 7.40. The molecule has 0 amide bonds. The van der Waals surface area contributed by atoms with Crippen LogP contribution in [0.3, 0.4) is 0 Å². The molecule has 1 aromatic heterocycles. The Kier molecular flexibility index (Phi) is 3.97. The van der Waals surface area contributed by atoms with E-state index in [1.807, 2.05) is 12.1 Å². The maximum atomic E-state index is 10.5. The third kappa shape index (κ3) is 4.81. The lowest BCUT2D eigenvalue weighted by Crippen LogP contribution is -1.91. The largest absolute Gasteiger partial charge is 0.236 e. The van der Waals surface area contributed by atoms with Crippen molar-refractivity contribution in [3.05, 3.63) is 26.9 Å². The van der Waals surface area contributed by atoms with E-state index < -0.39 is 9.05 Å². The van der Waals surface area contributed by atoms with E-state index in [1.165, 1.54) is 17.4 Å². The van der Waals surface area contributed by atoms with E-state index in [2.05, 4.69) is 15.9 Å².